The van der Waals surface area contributed by atoms with Crippen molar-refractivity contribution in [1.29, 1.82) is 0 Å². The highest BCUT2D eigenvalue weighted by molar-refractivity contribution is 6.06. The third-order valence-corrected chi connectivity index (χ3v) is 8.86. The number of hydrogen-bond donors (Lipinski definition) is 4. The van der Waals surface area contributed by atoms with Gasteiger partial charge in [-0.05, 0) is 59.1 Å². The van der Waals surface area contributed by atoms with Gasteiger partial charge >= 0.3 is 6.03 Å². The van der Waals surface area contributed by atoms with Gasteiger partial charge in [-0.15, -0.1) is 0 Å². The van der Waals surface area contributed by atoms with Gasteiger partial charge in [0.05, 0.1) is 17.3 Å². The Labute approximate surface area is 279 Å². The number of carbonyl (C=O) groups is 2. The first-order chi connectivity index (χ1) is 22.3. The van der Waals surface area contributed by atoms with Crippen molar-refractivity contribution < 1.29 is 14.7 Å². The smallest absolute Gasteiger partial charge is 0.323 e. The van der Waals surface area contributed by atoms with E-state index in [-0.39, 0.29) is 34.6 Å². The number of phenols is 1. The van der Waals surface area contributed by atoms with Crippen molar-refractivity contribution in [2.45, 2.75) is 77.3 Å². The SMILES string of the molecule is CC(C)(C)c1cc(NC(=O)Nc2ccccc2C(=O)NC2CCN(C(c3ccccc3)c3ccccc3)CC2)cc(C(C)(C)C)c1O. The zero-order valence-electron chi connectivity index (χ0n) is 28.4. The van der Waals surface area contributed by atoms with Gasteiger partial charge in [-0.3, -0.25) is 9.69 Å². The van der Waals surface area contributed by atoms with E-state index in [0.29, 0.717) is 16.9 Å². The maximum absolute atomic E-state index is 13.6. The van der Waals surface area contributed by atoms with Crippen LogP contribution in [-0.2, 0) is 10.8 Å². The van der Waals surface area contributed by atoms with Crippen LogP contribution in [0.3, 0.4) is 0 Å². The number of nitrogens with one attached hydrogen (secondary N) is 3. The van der Waals surface area contributed by atoms with Crippen molar-refractivity contribution in [2.75, 3.05) is 23.7 Å². The molecule has 0 spiro atoms. The summed E-state index contributed by atoms with van der Waals surface area (Å²) in [7, 11) is 0. The van der Waals surface area contributed by atoms with Gasteiger partial charge in [-0.2, -0.15) is 0 Å². The molecule has 1 saturated heterocycles. The van der Waals surface area contributed by atoms with Gasteiger partial charge in [0.1, 0.15) is 5.75 Å². The van der Waals surface area contributed by atoms with E-state index in [1.165, 1.54) is 11.1 Å². The van der Waals surface area contributed by atoms with E-state index in [0.717, 1.165) is 37.1 Å². The number of urea groups is 1. The number of carbonyl (C=O) groups excluding carboxylic acids is 2. The predicted octanol–water partition coefficient (Wildman–Crippen LogP) is 8.62. The third-order valence-electron chi connectivity index (χ3n) is 8.86. The quantitative estimate of drug-likeness (QED) is 0.154. The zero-order valence-corrected chi connectivity index (χ0v) is 28.4. The summed E-state index contributed by atoms with van der Waals surface area (Å²) >= 11 is 0. The summed E-state index contributed by atoms with van der Waals surface area (Å²) in [6.07, 6.45) is 1.65. The number of piperidine rings is 1. The molecule has 47 heavy (non-hydrogen) atoms. The number of likely N-dealkylation sites (tertiary alicyclic amines) is 1. The van der Waals surface area contributed by atoms with E-state index in [4.69, 9.17) is 0 Å². The average Bonchev–Trinajstić information content (AvgIpc) is 3.03. The summed E-state index contributed by atoms with van der Waals surface area (Å²) in [5.74, 6) is 0.0381. The van der Waals surface area contributed by atoms with Crippen molar-refractivity contribution in [2.24, 2.45) is 0 Å². The first-order valence-corrected chi connectivity index (χ1v) is 16.5. The van der Waals surface area contributed by atoms with Crippen LogP contribution in [0.25, 0.3) is 0 Å². The monoisotopic (exact) mass is 632 g/mol. The maximum atomic E-state index is 13.6. The fourth-order valence-electron chi connectivity index (χ4n) is 6.37. The molecule has 0 atom stereocenters. The molecule has 4 aromatic rings. The lowest BCUT2D eigenvalue weighted by Crippen LogP contribution is -2.46. The summed E-state index contributed by atoms with van der Waals surface area (Å²) in [4.78, 5) is 29.3. The van der Waals surface area contributed by atoms with Crippen LogP contribution >= 0.6 is 0 Å². The van der Waals surface area contributed by atoms with Gasteiger partial charge in [0, 0.05) is 35.9 Å². The van der Waals surface area contributed by atoms with Gasteiger partial charge in [-0.1, -0.05) is 114 Å². The highest BCUT2D eigenvalue weighted by Crippen LogP contribution is 2.41. The second-order valence-corrected chi connectivity index (χ2v) is 14.6. The lowest BCUT2D eigenvalue weighted by atomic mass is 9.79. The maximum Gasteiger partial charge on any atom is 0.323 e. The fraction of sp³-hybridized carbons (Fsp3) is 0.350. The van der Waals surface area contributed by atoms with E-state index in [9.17, 15) is 14.7 Å². The number of anilines is 2. The summed E-state index contributed by atoms with van der Waals surface area (Å²) in [5.41, 5.74) is 4.79. The minimum atomic E-state index is -0.461. The van der Waals surface area contributed by atoms with E-state index in [1.54, 1.807) is 24.3 Å². The molecule has 4 N–H and O–H groups in total. The molecular weight excluding hydrogens is 584 g/mol. The van der Waals surface area contributed by atoms with Crippen molar-refractivity contribution in [3.8, 4) is 5.75 Å². The molecule has 0 aliphatic carbocycles. The predicted molar refractivity (Wildman–Crippen MR) is 191 cm³/mol. The Hall–Kier alpha value is -4.62. The molecule has 0 radical (unpaired) electrons. The van der Waals surface area contributed by atoms with E-state index < -0.39 is 6.03 Å². The molecule has 1 heterocycles. The number of amides is 3. The third kappa shape index (κ3) is 8.22. The molecule has 1 fully saturated rings. The Morgan fingerprint density at radius 2 is 1.21 bits per heavy atom. The number of aromatic hydroxyl groups is 1. The summed E-state index contributed by atoms with van der Waals surface area (Å²) in [6, 6.07) is 31.6. The van der Waals surface area contributed by atoms with Crippen molar-refractivity contribution in [3.05, 3.63) is 125 Å². The second-order valence-electron chi connectivity index (χ2n) is 14.6. The molecule has 7 nitrogen and oxygen atoms in total. The first kappa shape index (κ1) is 33.7. The standard InChI is InChI=1S/C40H48N4O3/c1-39(2,3)32-25-30(26-33(36(32)45)40(4,5)6)42-38(47)43-34-20-14-13-19-31(34)37(46)41-29-21-23-44(24-22-29)35(27-15-9-7-10-16-27)28-17-11-8-12-18-28/h7-20,25-26,29,35,45H,21-24H2,1-6H3,(H,41,46)(H2,42,43,47). The molecular formula is C40H48N4O3. The number of nitrogens with zero attached hydrogens (tertiary/aromatic N) is 1. The molecule has 0 unspecified atom stereocenters. The molecule has 0 aromatic heterocycles. The van der Waals surface area contributed by atoms with Crippen molar-refractivity contribution in [1.82, 2.24) is 10.2 Å². The lowest BCUT2D eigenvalue weighted by molar-refractivity contribution is 0.0901. The topological polar surface area (TPSA) is 93.7 Å². The Morgan fingerprint density at radius 3 is 1.72 bits per heavy atom. The summed E-state index contributed by atoms with van der Waals surface area (Å²) in [6.45, 7) is 13.9. The second kappa shape index (κ2) is 14.0. The van der Waals surface area contributed by atoms with Crippen LogP contribution in [0.15, 0.2) is 97.1 Å². The highest BCUT2D eigenvalue weighted by atomic mass is 16.3. The van der Waals surface area contributed by atoms with Crippen LogP contribution in [0.1, 0.15) is 93.0 Å². The Morgan fingerprint density at radius 1 is 0.723 bits per heavy atom. The minimum Gasteiger partial charge on any atom is -0.507 e. The minimum absolute atomic E-state index is 0.0245. The summed E-state index contributed by atoms with van der Waals surface area (Å²) < 4.78 is 0. The molecule has 4 aromatic carbocycles. The molecule has 0 bridgehead atoms. The Bertz CT molecular complexity index is 1610. The van der Waals surface area contributed by atoms with Crippen LogP contribution in [0.5, 0.6) is 5.75 Å². The molecule has 1 aliphatic heterocycles. The molecule has 3 amide bonds. The van der Waals surface area contributed by atoms with E-state index in [1.807, 2.05) is 65.8 Å². The van der Waals surface area contributed by atoms with Crippen LogP contribution in [0.2, 0.25) is 0 Å². The number of para-hydroxylation sites is 1. The zero-order chi connectivity index (χ0) is 33.8. The molecule has 0 saturated carbocycles. The van der Waals surface area contributed by atoms with Crippen LogP contribution in [0.4, 0.5) is 16.2 Å². The first-order valence-electron chi connectivity index (χ1n) is 16.5. The number of benzene rings is 4. The van der Waals surface area contributed by atoms with Gasteiger partial charge in [0.15, 0.2) is 0 Å². The number of phenolic OH excluding ortho intramolecular Hbond substituents is 1. The number of rotatable bonds is 7. The molecule has 7 heteroatoms. The van der Waals surface area contributed by atoms with E-state index in [2.05, 4.69) is 69.4 Å². The Balaban J connectivity index is 1.25. The highest BCUT2D eigenvalue weighted by Gasteiger charge is 2.29. The van der Waals surface area contributed by atoms with Crippen LogP contribution in [-0.4, -0.2) is 41.1 Å². The van der Waals surface area contributed by atoms with Gasteiger partial charge in [-0.25, -0.2) is 4.79 Å². The van der Waals surface area contributed by atoms with Crippen molar-refractivity contribution >= 4 is 23.3 Å². The van der Waals surface area contributed by atoms with Gasteiger partial charge < -0.3 is 21.1 Å². The van der Waals surface area contributed by atoms with E-state index >= 15 is 0 Å². The lowest BCUT2D eigenvalue weighted by Gasteiger charge is -2.38. The summed E-state index contributed by atoms with van der Waals surface area (Å²) in [5, 5.41) is 20.1. The largest absolute Gasteiger partial charge is 0.507 e. The fourth-order valence-corrected chi connectivity index (χ4v) is 6.37. The number of hydrogen-bond acceptors (Lipinski definition) is 4. The molecule has 1 aliphatic rings. The average molecular weight is 633 g/mol. The van der Waals surface area contributed by atoms with Gasteiger partial charge in [0.25, 0.3) is 5.91 Å². The van der Waals surface area contributed by atoms with Crippen molar-refractivity contribution in [3.63, 3.8) is 0 Å². The normalized spacial score (nSPS) is 14.5. The molecule has 5 rings (SSSR count). The Kier molecular flexibility index (Phi) is 10.1. The molecule has 246 valence electrons. The van der Waals surface area contributed by atoms with Crippen LogP contribution in [0, 0.1) is 0 Å². The van der Waals surface area contributed by atoms with Crippen LogP contribution < -0.4 is 16.0 Å². The van der Waals surface area contributed by atoms with Gasteiger partial charge in [0.2, 0.25) is 0 Å².